The van der Waals surface area contributed by atoms with Crippen molar-refractivity contribution in [3.05, 3.63) is 0 Å². The van der Waals surface area contributed by atoms with Gasteiger partial charge in [0.05, 0.1) is 13.0 Å². The monoisotopic (exact) mass is 128 g/mol. The van der Waals surface area contributed by atoms with Crippen LogP contribution in [0.25, 0.3) is 0 Å². The van der Waals surface area contributed by atoms with Crippen molar-refractivity contribution in [1.82, 2.24) is 0 Å². The van der Waals surface area contributed by atoms with Crippen LogP contribution in [-0.4, -0.2) is 31.2 Å². The zero-order chi connectivity index (χ0) is 6.69. The lowest BCUT2D eigenvalue weighted by atomic mass is 10.2. The molecule has 0 N–H and O–H groups in total. The van der Waals surface area contributed by atoms with Crippen LogP contribution in [0.15, 0.2) is 0 Å². The van der Waals surface area contributed by atoms with E-state index in [-0.39, 0.29) is 0 Å². The van der Waals surface area contributed by atoms with Gasteiger partial charge in [0.15, 0.2) is 0 Å². The molecule has 0 atom stereocenters. The summed E-state index contributed by atoms with van der Waals surface area (Å²) in [6.07, 6.45) is 3.62. The van der Waals surface area contributed by atoms with Crippen LogP contribution in [0.2, 0.25) is 0 Å². The quantitative estimate of drug-likeness (QED) is 0.441. The minimum Gasteiger partial charge on any atom is -0.448 e. The number of nitrogens with zero attached hydrogens (tertiary/aromatic N) is 1. The Hall–Kier alpha value is -0.530. The van der Waals surface area contributed by atoms with Crippen molar-refractivity contribution in [3.8, 4) is 0 Å². The Morgan fingerprint density at radius 1 is 1.33 bits per heavy atom. The van der Waals surface area contributed by atoms with Gasteiger partial charge in [-0.05, 0) is 12.8 Å². The second kappa shape index (κ2) is 2.85. The van der Waals surface area contributed by atoms with Crippen LogP contribution < -0.4 is 0 Å². The zero-order valence-electron chi connectivity index (χ0n) is 6.18. The molecule has 1 heterocycles. The van der Waals surface area contributed by atoms with Crippen LogP contribution in [0.1, 0.15) is 19.3 Å². The number of rotatable bonds is 0. The molecule has 0 spiro atoms. The van der Waals surface area contributed by atoms with E-state index in [1.165, 1.54) is 12.8 Å². The van der Waals surface area contributed by atoms with Gasteiger partial charge in [-0.15, -0.1) is 0 Å². The second-order valence-corrected chi connectivity index (χ2v) is 2.59. The van der Waals surface area contributed by atoms with Gasteiger partial charge in [0.25, 0.3) is 0 Å². The van der Waals surface area contributed by atoms with Crippen molar-refractivity contribution in [2.24, 2.45) is 0 Å². The largest absolute Gasteiger partial charge is 0.448 e. The predicted octanol–water partition coefficient (Wildman–Crippen LogP) is 0.857. The molecule has 0 aliphatic carbocycles. The summed E-state index contributed by atoms with van der Waals surface area (Å²) in [5.41, 5.74) is 0. The van der Waals surface area contributed by atoms with Crippen LogP contribution in [0.4, 0.5) is 0 Å². The molecule has 9 heavy (non-hydrogen) atoms. The molecular weight excluding hydrogens is 114 g/mol. The fraction of sp³-hybridized carbons (Fsp3) is 0.857. The van der Waals surface area contributed by atoms with Gasteiger partial charge in [0.1, 0.15) is 14.1 Å². The molecule has 0 bridgehead atoms. The molecule has 1 fully saturated rings. The topological polar surface area (TPSA) is 12.2 Å². The first-order valence-corrected chi connectivity index (χ1v) is 3.46. The highest BCUT2D eigenvalue weighted by Gasteiger charge is 2.13. The SMILES string of the molecule is C[N+](C)=C1CCCCO1. The minimum atomic E-state index is 0.910. The number of hydrogen-bond donors (Lipinski definition) is 0. The van der Waals surface area contributed by atoms with E-state index in [0.29, 0.717) is 0 Å². The van der Waals surface area contributed by atoms with Crippen LogP contribution in [0, 0.1) is 0 Å². The van der Waals surface area contributed by atoms with E-state index in [0.717, 1.165) is 18.9 Å². The molecule has 1 aliphatic rings. The lowest BCUT2D eigenvalue weighted by Gasteiger charge is -2.11. The maximum Gasteiger partial charge on any atom is 0.335 e. The maximum absolute atomic E-state index is 5.38. The van der Waals surface area contributed by atoms with Crippen molar-refractivity contribution in [2.75, 3.05) is 20.7 Å². The van der Waals surface area contributed by atoms with Crippen LogP contribution >= 0.6 is 0 Å². The Bertz CT molecular complexity index is 117. The van der Waals surface area contributed by atoms with Gasteiger partial charge >= 0.3 is 5.90 Å². The highest BCUT2D eigenvalue weighted by molar-refractivity contribution is 5.71. The molecule has 1 saturated heterocycles. The smallest absolute Gasteiger partial charge is 0.335 e. The first-order valence-electron chi connectivity index (χ1n) is 3.46. The normalized spacial score (nSPS) is 19.1. The molecular formula is C7H14NO+. The van der Waals surface area contributed by atoms with E-state index in [2.05, 4.69) is 4.58 Å². The molecule has 0 unspecified atom stereocenters. The fourth-order valence-electron chi connectivity index (χ4n) is 0.993. The third-order valence-corrected chi connectivity index (χ3v) is 1.55. The molecule has 0 aromatic rings. The lowest BCUT2D eigenvalue weighted by molar-refractivity contribution is -0.476. The average molecular weight is 128 g/mol. The van der Waals surface area contributed by atoms with E-state index < -0.39 is 0 Å². The van der Waals surface area contributed by atoms with Crippen molar-refractivity contribution in [3.63, 3.8) is 0 Å². The summed E-state index contributed by atoms with van der Waals surface area (Å²) in [6.45, 7) is 0.910. The summed E-state index contributed by atoms with van der Waals surface area (Å²) in [4.78, 5) is 0. The molecule has 0 saturated carbocycles. The highest BCUT2D eigenvalue weighted by Crippen LogP contribution is 2.05. The predicted molar refractivity (Wildman–Crippen MR) is 36.9 cm³/mol. The fourth-order valence-corrected chi connectivity index (χ4v) is 0.993. The lowest BCUT2D eigenvalue weighted by Crippen LogP contribution is -2.21. The summed E-state index contributed by atoms with van der Waals surface area (Å²) < 4.78 is 7.44. The molecule has 0 amide bonds. The number of hydrogen-bond acceptors (Lipinski definition) is 1. The van der Waals surface area contributed by atoms with E-state index in [4.69, 9.17) is 4.74 Å². The van der Waals surface area contributed by atoms with Gasteiger partial charge < -0.3 is 4.74 Å². The summed E-state index contributed by atoms with van der Waals surface area (Å²) in [6, 6.07) is 0. The van der Waals surface area contributed by atoms with Crippen LogP contribution in [0.3, 0.4) is 0 Å². The molecule has 1 aliphatic heterocycles. The van der Waals surface area contributed by atoms with Gasteiger partial charge in [-0.2, -0.15) is 0 Å². The second-order valence-electron chi connectivity index (χ2n) is 2.59. The summed E-state index contributed by atoms with van der Waals surface area (Å²) in [5, 5.41) is 0. The van der Waals surface area contributed by atoms with Gasteiger partial charge in [-0.1, -0.05) is 0 Å². The summed E-state index contributed by atoms with van der Waals surface area (Å²) in [7, 11) is 4.06. The van der Waals surface area contributed by atoms with Crippen molar-refractivity contribution < 1.29 is 9.31 Å². The molecule has 0 radical (unpaired) electrons. The van der Waals surface area contributed by atoms with E-state index in [9.17, 15) is 0 Å². The molecule has 1 rings (SSSR count). The first kappa shape index (κ1) is 6.59. The molecule has 2 heteroatoms. The van der Waals surface area contributed by atoms with Gasteiger partial charge in [-0.25, -0.2) is 4.58 Å². The van der Waals surface area contributed by atoms with Crippen molar-refractivity contribution in [1.29, 1.82) is 0 Å². The third kappa shape index (κ3) is 1.70. The molecule has 0 aromatic heterocycles. The average Bonchev–Trinajstić information content (AvgIpc) is 1.90. The molecule has 0 aromatic carbocycles. The zero-order valence-corrected chi connectivity index (χ0v) is 6.18. The first-order chi connectivity index (χ1) is 4.30. The maximum atomic E-state index is 5.38. The van der Waals surface area contributed by atoms with Gasteiger partial charge in [0.2, 0.25) is 0 Å². The van der Waals surface area contributed by atoms with Crippen molar-refractivity contribution in [2.45, 2.75) is 19.3 Å². The Balaban J connectivity index is 2.49. The summed E-state index contributed by atoms with van der Waals surface area (Å²) >= 11 is 0. The summed E-state index contributed by atoms with van der Waals surface area (Å²) in [5.74, 6) is 1.14. The van der Waals surface area contributed by atoms with Gasteiger partial charge in [0, 0.05) is 0 Å². The van der Waals surface area contributed by atoms with Crippen LogP contribution in [0.5, 0.6) is 0 Å². The molecule has 52 valence electrons. The van der Waals surface area contributed by atoms with E-state index >= 15 is 0 Å². The van der Waals surface area contributed by atoms with Gasteiger partial charge in [-0.3, -0.25) is 0 Å². The van der Waals surface area contributed by atoms with Crippen molar-refractivity contribution >= 4 is 5.90 Å². The Morgan fingerprint density at radius 3 is 2.44 bits per heavy atom. The Labute approximate surface area is 56.1 Å². The minimum absolute atomic E-state index is 0.910. The highest BCUT2D eigenvalue weighted by atomic mass is 16.5. The third-order valence-electron chi connectivity index (χ3n) is 1.55. The van der Waals surface area contributed by atoms with E-state index in [1.807, 2.05) is 14.1 Å². The van der Waals surface area contributed by atoms with E-state index in [1.54, 1.807) is 0 Å². The Kier molecular flexibility index (Phi) is 2.09. The Morgan fingerprint density at radius 2 is 2.11 bits per heavy atom. The van der Waals surface area contributed by atoms with Crippen LogP contribution in [-0.2, 0) is 4.74 Å². The standard InChI is InChI=1S/C7H14NO/c1-8(2)7-5-3-4-6-9-7/h3-6H2,1-2H3/q+1. The number of ether oxygens (including phenoxy) is 1. The molecule has 2 nitrogen and oxygen atoms in total.